The van der Waals surface area contributed by atoms with Gasteiger partial charge in [0.25, 0.3) is 0 Å². The summed E-state index contributed by atoms with van der Waals surface area (Å²) < 4.78 is 0. The maximum absolute atomic E-state index is 12.0. The molecule has 0 unspecified atom stereocenters. The molecule has 0 aromatic heterocycles. The van der Waals surface area contributed by atoms with E-state index in [9.17, 15) is 9.59 Å². The minimum Gasteiger partial charge on any atom is -0.347 e. The van der Waals surface area contributed by atoms with Crippen LogP contribution in [0.5, 0.6) is 0 Å². The van der Waals surface area contributed by atoms with Gasteiger partial charge in [-0.3, -0.25) is 9.59 Å². The molecule has 2 N–H and O–H groups in total. The lowest BCUT2D eigenvalue weighted by Crippen LogP contribution is -2.47. The highest BCUT2D eigenvalue weighted by molar-refractivity contribution is 5.87. The lowest BCUT2D eigenvalue weighted by molar-refractivity contribution is -0.140. The Morgan fingerprint density at radius 3 is 2.18 bits per heavy atom. The highest BCUT2D eigenvalue weighted by atomic mass is 16.2. The highest BCUT2D eigenvalue weighted by Crippen LogP contribution is 2.02. The van der Waals surface area contributed by atoms with Gasteiger partial charge in [0.1, 0.15) is 0 Å². The molecular weight excluding hydrogens is 218 g/mol. The van der Waals surface area contributed by atoms with Crippen LogP contribution in [0.4, 0.5) is 0 Å². The summed E-state index contributed by atoms with van der Waals surface area (Å²) in [5, 5.41) is 0. The standard InChI is InChI=1S/C12H25N3O2/c1-5-7-10(13)12(17)15(8-6-2)9-11(16)14(3)4/h10H,5-9,13H2,1-4H3/t10-/m1/s1. The van der Waals surface area contributed by atoms with Crippen molar-refractivity contribution in [1.82, 2.24) is 9.80 Å². The van der Waals surface area contributed by atoms with Crippen LogP contribution in [0.1, 0.15) is 33.1 Å². The number of hydrogen-bond acceptors (Lipinski definition) is 3. The van der Waals surface area contributed by atoms with Crippen LogP contribution in [0, 0.1) is 0 Å². The Bertz CT molecular complexity index is 254. The van der Waals surface area contributed by atoms with Crippen molar-refractivity contribution in [2.24, 2.45) is 5.73 Å². The fraction of sp³-hybridized carbons (Fsp3) is 0.833. The topological polar surface area (TPSA) is 66.6 Å². The fourth-order valence-electron chi connectivity index (χ4n) is 1.51. The average molecular weight is 243 g/mol. The van der Waals surface area contributed by atoms with Crippen molar-refractivity contribution < 1.29 is 9.59 Å². The van der Waals surface area contributed by atoms with Crippen molar-refractivity contribution in [3.63, 3.8) is 0 Å². The largest absolute Gasteiger partial charge is 0.347 e. The summed E-state index contributed by atoms with van der Waals surface area (Å²) in [5.74, 6) is -0.195. The van der Waals surface area contributed by atoms with Gasteiger partial charge in [-0.1, -0.05) is 20.3 Å². The van der Waals surface area contributed by atoms with Gasteiger partial charge >= 0.3 is 0 Å². The zero-order valence-electron chi connectivity index (χ0n) is 11.4. The Morgan fingerprint density at radius 1 is 1.18 bits per heavy atom. The van der Waals surface area contributed by atoms with Crippen LogP contribution in [0.3, 0.4) is 0 Å². The molecular formula is C12H25N3O2. The van der Waals surface area contributed by atoms with Crippen molar-refractivity contribution in [1.29, 1.82) is 0 Å². The van der Waals surface area contributed by atoms with Crippen molar-refractivity contribution in [2.75, 3.05) is 27.2 Å². The molecule has 0 saturated carbocycles. The van der Waals surface area contributed by atoms with Crippen LogP contribution in [-0.2, 0) is 9.59 Å². The van der Waals surface area contributed by atoms with E-state index in [4.69, 9.17) is 5.73 Å². The molecule has 1 atom stereocenters. The zero-order chi connectivity index (χ0) is 13.4. The predicted molar refractivity (Wildman–Crippen MR) is 68.4 cm³/mol. The molecule has 0 saturated heterocycles. The third kappa shape index (κ3) is 5.68. The van der Waals surface area contributed by atoms with E-state index in [1.165, 1.54) is 4.90 Å². The van der Waals surface area contributed by atoms with Crippen LogP contribution >= 0.6 is 0 Å². The molecule has 5 heteroatoms. The minimum atomic E-state index is -0.485. The Kier molecular flexibility index (Phi) is 7.54. The molecule has 0 spiro atoms. The molecule has 0 aliphatic carbocycles. The second-order valence-electron chi connectivity index (χ2n) is 4.44. The number of nitrogens with zero attached hydrogens (tertiary/aromatic N) is 2. The maximum Gasteiger partial charge on any atom is 0.241 e. The van der Waals surface area contributed by atoms with Crippen molar-refractivity contribution in [3.8, 4) is 0 Å². The number of hydrogen-bond donors (Lipinski definition) is 1. The second-order valence-corrected chi connectivity index (χ2v) is 4.44. The Morgan fingerprint density at radius 2 is 1.76 bits per heavy atom. The number of nitrogens with two attached hydrogens (primary N) is 1. The van der Waals surface area contributed by atoms with Gasteiger partial charge < -0.3 is 15.5 Å². The summed E-state index contributed by atoms with van der Waals surface area (Å²) >= 11 is 0. The summed E-state index contributed by atoms with van der Waals surface area (Å²) in [7, 11) is 3.37. The monoisotopic (exact) mass is 243 g/mol. The third-order valence-electron chi connectivity index (χ3n) is 2.55. The van der Waals surface area contributed by atoms with Crippen LogP contribution < -0.4 is 5.73 Å². The van der Waals surface area contributed by atoms with Gasteiger partial charge in [0.05, 0.1) is 12.6 Å². The molecule has 17 heavy (non-hydrogen) atoms. The Labute approximate surface area is 104 Å². The number of amides is 2. The lowest BCUT2D eigenvalue weighted by atomic mass is 10.1. The molecule has 0 aromatic rings. The predicted octanol–water partition coefficient (Wildman–Crippen LogP) is 0.441. The van der Waals surface area contributed by atoms with E-state index in [-0.39, 0.29) is 18.4 Å². The molecule has 100 valence electrons. The van der Waals surface area contributed by atoms with Crippen molar-refractivity contribution >= 4 is 11.8 Å². The van der Waals surface area contributed by atoms with E-state index in [1.54, 1.807) is 19.0 Å². The van der Waals surface area contributed by atoms with Crippen LogP contribution in [0.15, 0.2) is 0 Å². The van der Waals surface area contributed by atoms with E-state index in [1.807, 2.05) is 13.8 Å². The average Bonchev–Trinajstić information content (AvgIpc) is 2.27. The summed E-state index contributed by atoms with van der Waals surface area (Å²) in [5.41, 5.74) is 5.79. The van der Waals surface area contributed by atoms with Gasteiger partial charge in [-0.15, -0.1) is 0 Å². The number of carbonyl (C=O) groups excluding carboxylic acids is 2. The van der Waals surface area contributed by atoms with Gasteiger partial charge in [0.15, 0.2) is 0 Å². The third-order valence-corrected chi connectivity index (χ3v) is 2.55. The summed E-state index contributed by atoms with van der Waals surface area (Å²) in [6.07, 6.45) is 2.36. The normalized spacial score (nSPS) is 12.1. The molecule has 0 fully saturated rings. The first-order valence-electron chi connectivity index (χ1n) is 6.18. The van der Waals surface area contributed by atoms with Gasteiger partial charge in [0.2, 0.25) is 11.8 Å². The maximum atomic E-state index is 12.0. The van der Waals surface area contributed by atoms with Crippen LogP contribution in [0.2, 0.25) is 0 Å². The molecule has 0 heterocycles. The van der Waals surface area contributed by atoms with Crippen molar-refractivity contribution in [2.45, 2.75) is 39.2 Å². The zero-order valence-corrected chi connectivity index (χ0v) is 11.4. The number of likely N-dealkylation sites (N-methyl/N-ethyl adjacent to an activating group) is 1. The van der Waals surface area contributed by atoms with E-state index in [0.717, 1.165) is 12.8 Å². The van der Waals surface area contributed by atoms with Gasteiger partial charge in [0, 0.05) is 20.6 Å². The minimum absolute atomic E-state index is 0.0736. The van der Waals surface area contributed by atoms with Crippen LogP contribution in [0.25, 0.3) is 0 Å². The molecule has 0 aromatic carbocycles. The molecule has 0 aliphatic heterocycles. The molecule has 0 radical (unpaired) electrons. The molecule has 2 amide bonds. The number of carbonyl (C=O) groups is 2. The molecule has 0 aliphatic rings. The SMILES string of the molecule is CCC[C@@H](N)C(=O)N(CCC)CC(=O)N(C)C. The van der Waals surface area contributed by atoms with Gasteiger partial charge in [-0.05, 0) is 12.8 Å². The summed E-state index contributed by atoms with van der Waals surface area (Å²) in [6, 6.07) is -0.485. The first-order valence-corrected chi connectivity index (χ1v) is 6.18. The van der Waals surface area contributed by atoms with E-state index in [0.29, 0.717) is 13.0 Å². The first kappa shape index (κ1) is 15.9. The van der Waals surface area contributed by atoms with Gasteiger partial charge in [-0.25, -0.2) is 0 Å². The van der Waals surface area contributed by atoms with E-state index >= 15 is 0 Å². The van der Waals surface area contributed by atoms with Gasteiger partial charge in [-0.2, -0.15) is 0 Å². The smallest absolute Gasteiger partial charge is 0.241 e. The fourth-order valence-corrected chi connectivity index (χ4v) is 1.51. The molecule has 5 nitrogen and oxygen atoms in total. The second kappa shape index (κ2) is 8.06. The Hall–Kier alpha value is -1.10. The van der Waals surface area contributed by atoms with Crippen LogP contribution in [-0.4, -0.2) is 54.8 Å². The summed E-state index contributed by atoms with van der Waals surface area (Å²) in [4.78, 5) is 26.7. The quantitative estimate of drug-likeness (QED) is 0.705. The molecule has 0 bridgehead atoms. The Balaban J connectivity index is 4.50. The van der Waals surface area contributed by atoms with E-state index < -0.39 is 6.04 Å². The number of rotatable bonds is 7. The van der Waals surface area contributed by atoms with Crippen molar-refractivity contribution in [3.05, 3.63) is 0 Å². The summed E-state index contributed by atoms with van der Waals surface area (Å²) in [6.45, 7) is 4.67. The molecule has 0 rings (SSSR count). The first-order chi connectivity index (χ1) is 7.93. The lowest BCUT2D eigenvalue weighted by Gasteiger charge is -2.26. The highest BCUT2D eigenvalue weighted by Gasteiger charge is 2.22. The van der Waals surface area contributed by atoms with E-state index in [2.05, 4.69) is 0 Å².